The van der Waals surface area contributed by atoms with Crippen molar-refractivity contribution in [2.24, 2.45) is 0 Å². The van der Waals surface area contributed by atoms with Gasteiger partial charge in [-0.25, -0.2) is 4.68 Å². The van der Waals surface area contributed by atoms with E-state index in [4.69, 9.17) is 0 Å². The molecule has 0 saturated heterocycles. The number of hydrogen-bond donors (Lipinski definition) is 1. The van der Waals surface area contributed by atoms with Gasteiger partial charge >= 0.3 is 0 Å². The molecule has 1 aromatic heterocycles. The molecule has 1 aromatic carbocycles. The second kappa shape index (κ2) is 4.10. The van der Waals surface area contributed by atoms with E-state index in [9.17, 15) is 5.11 Å². The van der Waals surface area contributed by atoms with E-state index < -0.39 is 6.10 Å². The first-order valence-corrected chi connectivity index (χ1v) is 5.39. The average Bonchev–Trinajstić information content (AvgIpc) is 2.58. The zero-order valence-corrected chi connectivity index (χ0v) is 9.81. The molecule has 2 aromatic rings. The molecule has 0 saturated carbocycles. The average molecular weight is 216 g/mol. The van der Waals surface area contributed by atoms with E-state index in [1.54, 1.807) is 6.92 Å². The van der Waals surface area contributed by atoms with Crippen LogP contribution in [0, 0.1) is 13.8 Å². The summed E-state index contributed by atoms with van der Waals surface area (Å²) in [5, 5.41) is 13.8. The monoisotopic (exact) mass is 216 g/mol. The van der Waals surface area contributed by atoms with Crippen LogP contribution in [0.4, 0.5) is 0 Å². The standard InChI is InChI=1S/C13H16N2O/c1-9-8-10(2)15(14-9)13-6-4-12(5-7-13)11(3)16/h4-8,11,16H,1-3H3/t11-/m0/s1. The molecule has 1 N–H and O–H groups in total. The van der Waals surface area contributed by atoms with E-state index >= 15 is 0 Å². The van der Waals surface area contributed by atoms with Gasteiger partial charge in [-0.05, 0) is 44.5 Å². The number of benzene rings is 1. The number of aryl methyl sites for hydroxylation is 2. The number of hydrogen-bond acceptors (Lipinski definition) is 2. The lowest BCUT2D eigenvalue weighted by Gasteiger charge is -2.07. The van der Waals surface area contributed by atoms with E-state index in [1.807, 2.05) is 48.9 Å². The van der Waals surface area contributed by atoms with Crippen molar-refractivity contribution in [2.45, 2.75) is 26.9 Å². The van der Waals surface area contributed by atoms with Crippen molar-refractivity contribution in [2.75, 3.05) is 0 Å². The highest BCUT2D eigenvalue weighted by Gasteiger charge is 2.04. The first kappa shape index (κ1) is 10.9. The molecule has 0 radical (unpaired) electrons. The topological polar surface area (TPSA) is 38.0 Å². The molecule has 0 unspecified atom stereocenters. The van der Waals surface area contributed by atoms with Crippen LogP contribution >= 0.6 is 0 Å². The summed E-state index contributed by atoms with van der Waals surface area (Å²) in [6.45, 7) is 5.77. The van der Waals surface area contributed by atoms with Gasteiger partial charge in [0.15, 0.2) is 0 Å². The van der Waals surface area contributed by atoms with Gasteiger partial charge in [0.1, 0.15) is 0 Å². The predicted octanol–water partition coefficient (Wildman–Crippen LogP) is 2.54. The number of nitrogens with zero attached hydrogens (tertiary/aromatic N) is 2. The van der Waals surface area contributed by atoms with Gasteiger partial charge in [0.05, 0.1) is 17.5 Å². The molecule has 16 heavy (non-hydrogen) atoms. The first-order valence-electron chi connectivity index (χ1n) is 5.39. The summed E-state index contributed by atoms with van der Waals surface area (Å²) in [5.41, 5.74) is 4.07. The number of aliphatic hydroxyl groups excluding tert-OH is 1. The Labute approximate surface area is 95.3 Å². The summed E-state index contributed by atoms with van der Waals surface area (Å²) >= 11 is 0. The maximum Gasteiger partial charge on any atom is 0.0761 e. The van der Waals surface area contributed by atoms with Crippen molar-refractivity contribution >= 4 is 0 Å². The SMILES string of the molecule is Cc1cc(C)n(-c2ccc([C@H](C)O)cc2)n1. The summed E-state index contributed by atoms with van der Waals surface area (Å²) in [5.74, 6) is 0. The molecule has 0 aliphatic heterocycles. The van der Waals surface area contributed by atoms with Gasteiger partial charge in [0.25, 0.3) is 0 Å². The van der Waals surface area contributed by atoms with Gasteiger partial charge in [-0.2, -0.15) is 5.10 Å². The Morgan fingerprint density at radius 2 is 1.81 bits per heavy atom. The normalized spacial score (nSPS) is 12.8. The van der Waals surface area contributed by atoms with Crippen molar-refractivity contribution in [3.63, 3.8) is 0 Å². The number of rotatable bonds is 2. The summed E-state index contributed by atoms with van der Waals surface area (Å²) in [6.07, 6.45) is -0.422. The molecular formula is C13H16N2O. The molecular weight excluding hydrogens is 200 g/mol. The fourth-order valence-corrected chi connectivity index (χ4v) is 1.78. The second-order valence-corrected chi connectivity index (χ2v) is 4.11. The van der Waals surface area contributed by atoms with Crippen molar-refractivity contribution in [1.29, 1.82) is 0 Å². The Morgan fingerprint density at radius 1 is 1.19 bits per heavy atom. The molecule has 0 aliphatic rings. The minimum atomic E-state index is -0.422. The van der Waals surface area contributed by atoms with Crippen molar-refractivity contribution < 1.29 is 5.11 Å². The third-order valence-corrected chi connectivity index (χ3v) is 2.63. The molecule has 0 amide bonds. The molecule has 3 nitrogen and oxygen atoms in total. The van der Waals surface area contributed by atoms with Crippen LogP contribution in [-0.2, 0) is 0 Å². The van der Waals surface area contributed by atoms with Gasteiger partial charge < -0.3 is 5.11 Å². The van der Waals surface area contributed by atoms with E-state index in [-0.39, 0.29) is 0 Å². The molecule has 2 rings (SSSR count). The van der Waals surface area contributed by atoms with Crippen LogP contribution in [0.15, 0.2) is 30.3 Å². The fourth-order valence-electron chi connectivity index (χ4n) is 1.78. The van der Waals surface area contributed by atoms with Gasteiger partial charge in [-0.1, -0.05) is 12.1 Å². The lowest BCUT2D eigenvalue weighted by Crippen LogP contribution is -1.99. The molecule has 0 bridgehead atoms. The van der Waals surface area contributed by atoms with Crippen molar-refractivity contribution in [3.05, 3.63) is 47.3 Å². The van der Waals surface area contributed by atoms with Crippen LogP contribution in [0.2, 0.25) is 0 Å². The van der Waals surface area contributed by atoms with Gasteiger partial charge in [0.2, 0.25) is 0 Å². The lowest BCUT2D eigenvalue weighted by atomic mass is 10.1. The third-order valence-electron chi connectivity index (χ3n) is 2.63. The minimum absolute atomic E-state index is 0.422. The van der Waals surface area contributed by atoms with Gasteiger partial charge in [-0.15, -0.1) is 0 Å². The zero-order chi connectivity index (χ0) is 11.7. The molecule has 84 valence electrons. The number of aliphatic hydroxyl groups is 1. The largest absolute Gasteiger partial charge is 0.389 e. The Bertz CT molecular complexity index is 483. The molecule has 1 heterocycles. The van der Waals surface area contributed by atoms with Crippen molar-refractivity contribution in [1.82, 2.24) is 9.78 Å². The van der Waals surface area contributed by atoms with Gasteiger partial charge in [0, 0.05) is 5.69 Å². The number of aromatic nitrogens is 2. The van der Waals surface area contributed by atoms with Crippen LogP contribution in [-0.4, -0.2) is 14.9 Å². The summed E-state index contributed by atoms with van der Waals surface area (Å²) in [7, 11) is 0. The van der Waals surface area contributed by atoms with E-state index in [0.29, 0.717) is 0 Å². The Balaban J connectivity index is 2.38. The van der Waals surface area contributed by atoms with Crippen LogP contribution in [0.25, 0.3) is 5.69 Å². The van der Waals surface area contributed by atoms with Crippen LogP contribution in [0.1, 0.15) is 30.0 Å². The van der Waals surface area contributed by atoms with E-state index in [1.165, 1.54) is 0 Å². The highest BCUT2D eigenvalue weighted by atomic mass is 16.3. The highest BCUT2D eigenvalue weighted by molar-refractivity contribution is 5.36. The first-order chi connectivity index (χ1) is 7.58. The Kier molecular flexibility index (Phi) is 2.79. The predicted molar refractivity (Wildman–Crippen MR) is 63.7 cm³/mol. The summed E-state index contributed by atoms with van der Waals surface area (Å²) < 4.78 is 1.90. The molecule has 1 atom stereocenters. The van der Waals surface area contributed by atoms with E-state index in [2.05, 4.69) is 5.10 Å². The Hall–Kier alpha value is -1.61. The fraction of sp³-hybridized carbons (Fsp3) is 0.308. The maximum atomic E-state index is 9.42. The lowest BCUT2D eigenvalue weighted by molar-refractivity contribution is 0.199. The smallest absolute Gasteiger partial charge is 0.0761 e. The molecule has 0 fully saturated rings. The third kappa shape index (κ3) is 1.99. The molecule has 3 heteroatoms. The molecule has 0 aliphatic carbocycles. The Morgan fingerprint density at radius 3 is 2.25 bits per heavy atom. The molecule has 0 spiro atoms. The second-order valence-electron chi connectivity index (χ2n) is 4.11. The van der Waals surface area contributed by atoms with Crippen LogP contribution in [0.3, 0.4) is 0 Å². The highest BCUT2D eigenvalue weighted by Crippen LogP contribution is 2.16. The minimum Gasteiger partial charge on any atom is -0.389 e. The van der Waals surface area contributed by atoms with Crippen LogP contribution < -0.4 is 0 Å². The van der Waals surface area contributed by atoms with Crippen molar-refractivity contribution in [3.8, 4) is 5.69 Å². The van der Waals surface area contributed by atoms with Crippen LogP contribution in [0.5, 0.6) is 0 Å². The van der Waals surface area contributed by atoms with E-state index in [0.717, 1.165) is 22.6 Å². The quantitative estimate of drug-likeness (QED) is 0.837. The van der Waals surface area contributed by atoms with Gasteiger partial charge in [-0.3, -0.25) is 0 Å². The zero-order valence-electron chi connectivity index (χ0n) is 9.81. The summed E-state index contributed by atoms with van der Waals surface area (Å²) in [6, 6.07) is 9.85. The summed E-state index contributed by atoms with van der Waals surface area (Å²) in [4.78, 5) is 0. The maximum absolute atomic E-state index is 9.42.